The third-order valence-electron chi connectivity index (χ3n) is 3.46. The van der Waals surface area contributed by atoms with E-state index in [0.29, 0.717) is 0 Å². The first-order valence-electron chi connectivity index (χ1n) is 5.97. The molecule has 88 valence electrons. The molecule has 0 aliphatic heterocycles. The van der Waals surface area contributed by atoms with Crippen molar-refractivity contribution in [1.82, 2.24) is 0 Å². The van der Waals surface area contributed by atoms with Crippen LogP contribution >= 0.6 is 0 Å². The summed E-state index contributed by atoms with van der Waals surface area (Å²) in [6, 6.07) is 21.4. The van der Waals surface area contributed by atoms with E-state index in [0.717, 1.165) is 0 Å². The molecule has 0 atom stereocenters. The van der Waals surface area contributed by atoms with Gasteiger partial charge in [-0.25, -0.2) is 0 Å². The molecule has 0 heterocycles. The SMILES string of the molecule is CN(c1ccccc1)[Si](C)(C)c1ccccc1. The third-order valence-corrected chi connectivity index (χ3v) is 7.14. The molecule has 0 saturated carbocycles. The average Bonchev–Trinajstić information content (AvgIpc) is 2.40. The van der Waals surface area contributed by atoms with Gasteiger partial charge in [-0.3, -0.25) is 0 Å². The quantitative estimate of drug-likeness (QED) is 0.746. The van der Waals surface area contributed by atoms with Gasteiger partial charge in [-0.05, 0) is 37.5 Å². The highest BCUT2D eigenvalue weighted by Gasteiger charge is 2.29. The Morgan fingerprint density at radius 2 is 1.24 bits per heavy atom. The molecule has 2 aromatic carbocycles. The zero-order chi connectivity index (χ0) is 12.3. The number of para-hydroxylation sites is 1. The van der Waals surface area contributed by atoms with Crippen LogP contribution < -0.4 is 9.75 Å². The lowest BCUT2D eigenvalue weighted by molar-refractivity contribution is 1.26. The molecule has 0 spiro atoms. The minimum absolute atomic E-state index is 1.30. The summed E-state index contributed by atoms with van der Waals surface area (Å²) in [4.78, 5) is 0. The van der Waals surface area contributed by atoms with Crippen molar-refractivity contribution < 1.29 is 0 Å². The molecule has 0 saturated heterocycles. The van der Waals surface area contributed by atoms with Crippen LogP contribution in [0, 0.1) is 0 Å². The zero-order valence-electron chi connectivity index (χ0n) is 10.7. The second-order valence-corrected chi connectivity index (χ2v) is 9.19. The Kier molecular flexibility index (Phi) is 3.34. The highest BCUT2D eigenvalue weighted by molar-refractivity contribution is 6.92. The van der Waals surface area contributed by atoms with Gasteiger partial charge in [0, 0.05) is 5.69 Å². The van der Waals surface area contributed by atoms with E-state index in [1.807, 2.05) is 0 Å². The molecular weight excluding hydrogens is 222 g/mol. The van der Waals surface area contributed by atoms with Gasteiger partial charge < -0.3 is 4.57 Å². The van der Waals surface area contributed by atoms with Crippen LogP contribution in [0.4, 0.5) is 5.69 Å². The maximum atomic E-state index is 2.45. The van der Waals surface area contributed by atoms with E-state index in [2.05, 4.69) is 85.4 Å². The Bertz CT molecular complexity index is 465. The molecule has 0 aliphatic carbocycles. The van der Waals surface area contributed by atoms with E-state index in [1.54, 1.807) is 0 Å². The molecule has 2 rings (SSSR count). The smallest absolute Gasteiger partial charge is 0.181 e. The second-order valence-electron chi connectivity index (χ2n) is 4.82. The molecule has 0 radical (unpaired) electrons. The number of anilines is 1. The van der Waals surface area contributed by atoms with Gasteiger partial charge in [0.25, 0.3) is 0 Å². The molecule has 0 bridgehead atoms. The summed E-state index contributed by atoms with van der Waals surface area (Å²) in [5.74, 6) is 0. The summed E-state index contributed by atoms with van der Waals surface area (Å²) < 4.78 is 2.45. The molecule has 0 unspecified atom stereocenters. The van der Waals surface area contributed by atoms with E-state index in [4.69, 9.17) is 0 Å². The van der Waals surface area contributed by atoms with Gasteiger partial charge in [0.15, 0.2) is 8.24 Å². The lowest BCUT2D eigenvalue weighted by Crippen LogP contribution is -2.56. The lowest BCUT2D eigenvalue weighted by Gasteiger charge is -2.36. The third kappa shape index (κ3) is 2.42. The molecule has 2 heteroatoms. The Balaban J connectivity index is 2.33. The molecule has 0 N–H and O–H groups in total. The van der Waals surface area contributed by atoms with Gasteiger partial charge in [0.1, 0.15) is 0 Å². The van der Waals surface area contributed by atoms with E-state index < -0.39 is 8.24 Å². The summed E-state index contributed by atoms with van der Waals surface area (Å²) in [6.45, 7) is 4.77. The molecule has 1 nitrogen and oxygen atoms in total. The molecule has 2 aromatic rings. The van der Waals surface area contributed by atoms with Crippen LogP contribution in [0.15, 0.2) is 60.7 Å². The van der Waals surface area contributed by atoms with Crippen molar-refractivity contribution in [2.24, 2.45) is 0 Å². The largest absolute Gasteiger partial charge is 0.396 e. The normalized spacial score (nSPS) is 11.2. The summed E-state index contributed by atoms with van der Waals surface area (Å²) >= 11 is 0. The highest BCUT2D eigenvalue weighted by Crippen LogP contribution is 2.18. The molecule has 0 aliphatic rings. The Morgan fingerprint density at radius 1 is 0.765 bits per heavy atom. The van der Waals surface area contributed by atoms with Crippen LogP contribution in [0.25, 0.3) is 0 Å². The topological polar surface area (TPSA) is 3.24 Å². The Labute approximate surface area is 105 Å². The summed E-state index contributed by atoms with van der Waals surface area (Å²) in [5.41, 5.74) is 1.30. The molecular formula is C15H19NSi. The number of nitrogens with zero attached hydrogens (tertiary/aromatic N) is 1. The minimum atomic E-state index is -1.59. The predicted molar refractivity (Wildman–Crippen MR) is 78.4 cm³/mol. The highest BCUT2D eigenvalue weighted by atomic mass is 28.3. The first-order valence-corrected chi connectivity index (χ1v) is 8.91. The van der Waals surface area contributed by atoms with E-state index in [1.165, 1.54) is 10.9 Å². The van der Waals surface area contributed by atoms with Crippen molar-refractivity contribution in [2.75, 3.05) is 11.6 Å². The standard InChI is InChI=1S/C15H19NSi/c1-16(14-10-6-4-7-11-14)17(2,3)15-12-8-5-9-13-15/h4-13H,1-3H3. The zero-order valence-corrected chi connectivity index (χ0v) is 11.7. The van der Waals surface area contributed by atoms with Crippen molar-refractivity contribution in [1.29, 1.82) is 0 Å². The Hall–Kier alpha value is -1.54. The van der Waals surface area contributed by atoms with Crippen molar-refractivity contribution in [2.45, 2.75) is 13.1 Å². The van der Waals surface area contributed by atoms with Crippen molar-refractivity contribution in [3.63, 3.8) is 0 Å². The first-order chi connectivity index (χ1) is 8.12. The van der Waals surface area contributed by atoms with Gasteiger partial charge >= 0.3 is 0 Å². The van der Waals surface area contributed by atoms with Gasteiger partial charge in [-0.15, -0.1) is 0 Å². The Morgan fingerprint density at radius 3 is 1.76 bits per heavy atom. The maximum Gasteiger partial charge on any atom is 0.181 e. The number of benzene rings is 2. The van der Waals surface area contributed by atoms with Crippen molar-refractivity contribution in [3.8, 4) is 0 Å². The van der Waals surface area contributed by atoms with Crippen LogP contribution in [0.2, 0.25) is 13.1 Å². The molecule has 17 heavy (non-hydrogen) atoms. The molecule has 0 aromatic heterocycles. The average molecular weight is 241 g/mol. The molecule has 0 amide bonds. The summed E-state index contributed by atoms with van der Waals surface area (Å²) in [5, 5.41) is 1.46. The van der Waals surface area contributed by atoms with Gasteiger partial charge in [0.2, 0.25) is 0 Å². The predicted octanol–water partition coefficient (Wildman–Crippen LogP) is 3.24. The lowest BCUT2D eigenvalue weighted by atomic mass is 10.3. The van der Waals surface area contributed by atoms with Gasteiger partial charge in [-0.2, -0.15) is 0 Å². The molecule has 0 fully saturated rings. The van der Waals surface area contributed by atoms with Crippen LogP contribution in [-0.4, -0.2) is 15.3 Å². The van der Waals surface area contributed by atoms with Crippen LogP contribution in [0.5, 0.6) is 0 Å². The van der Waals surface area contributed by atoms with Gasteiger partial charge in [-0.1, -0.05) is 48.5 Å². The van der Waals surface area contributed by atoms with Gasteiger partial charge in [0.05, 0.1) is 0 Å². The number of hydrogen-bond acceptors (Lipinski definition) is 1. The fraction of sp³-hybridized carbons (Fsp3) is 0.200. The van der Waals surface area contributed by atoms with Crippen LogP contribution in [0.3, 0.4) is 0 Å². The van der Waals surface area contributed by atoms with Crippen molar-refractivity contribution >= 4 is 19.1 Å². The maximum absolute atomic E-state index is 2.45. The fourth-order valence-corrected chi connectivity index (χ4v) is 4.20. The van der Waals surface area contributed by atoms with E-state index in [9.17, 15) is 0 Å². The number of rotatable bonds is 3. The second kappa shape index (κ2) is 4.76. The van der Waals surface area contributed by atoms with E-state index in [-0.39, 0.29) is 0 Å². The number of hydrogen-bond donors (Lipinski definition) is 0. The van der Waals surface area contributed by atoms with Crippen LogP contribution in [0.1, 0.15) is 0 Å². The minimum Gasteiger partial charge on any atom is -0.396 e. The van der Waals surface area contributed by atoms with Crippen molar-refractivity contribution in [3.05, 3.63) is 60.7 Å². The monoisotopic (exact) mass is 241 g/mol. The van der Waals surface area contributed by atoms with E-state index >= 15 is 0 Å². The summed E-state index contributed by atoms with van der Waals surface area (Å²) in [7, 11) is 0.613. The fourth-order valence-electron chi connectivity index (χ4n) is 2.01. The summed E-state index contributed by atoms with van der Waals surface area (Å²) in [6.07, 6.45) is 0. The van der Waals surface area contributed by atoms with Crippen LogP contribution in [-0.2, 0) is 0 Å². The first kappa shape index (κ1) is 11.9.